The van der Waals surface area contributed by atoms with E-state index in [-0.39, 0.29) is 17.9 Å². The van der Waals surface area contributed by atoms with Gasteiger partial charge in [0.2, 0.25) is 0 Å². The third-order valence-corrected chi connectivity index (χ3v) is 11.3. The first-order valence-electron chi connectivity index (χ1n) is 18.5. The molecule has 0 unspecified atom stereocenters. The smallest absolute Gasteiger partial charge is 0.327 e. The average molecular weight is 686 g/mol. The van der Waals surface area contributed by atoms with E-state index in [1.807, 2.05) is 18.2 Å². The molecule has 1 fully saturated rings. The van der Waals surface area contributed by atoms with Gasteiger partial charge in [-0.3, -0.25) is 0 Å². The van der Waals surface area contributed by atoms with Crippen molar-refractivity contribution in [3.8, 4) is 56.4 Å². The Kier molecular flexibility index (Phi) is 8.05. The van der Waals surface area contributed by atoms with E-state index in [4.69, 9.17) is 19.6 Å². The van der Waals surface area contributed by atoms with Crippen molar-refractivity contribution in [3.05, 3.63) is 158 Å². The minimum absolute atomic E-state index is 0.00413. The minimum atomic E-state index is -0.224. The highest BCUT2D eigenvalue weighted by Crippen LogP contribution is 2.46. The van der Waals surface area contributed by atoms with Gasteiger partial charge in [0.15, 0.2) is 17.5 Å². The predicted octanol–water partition coefficient (Wildman–Crippen LogP) is 11.5. The average Bonchev–Trinajstić information content (AvgIpc) is 3.43. The lowest BCUT2D eigenvalue weighted by molar-refractivity contribution is 0.0375. The maximum Gasteiger partial charge on any atom is 0.327 e. The van der Waals surface area contributed by atoms with Crippen molar-refractivity contribution in [1.82, 2.24) is 15.0 Å². The van der Waals surface area contributed by atoms with Gasteiger partial charge in [-0.15, -0.1) is 0 Å². The van der Waals surface area contributed by atoms with E-state index in [1.54, 1.807) is 0 Å². The van der Waals surface area contributed by atoms with Crippen LogP contribution >= 0.6 is 0 Å². The third kappa shape index (κ3) is 5.91. The third-order valence-electron chi connectivity index (χ3n) is 11.3. The molecule has 1 saturated heterocycles. The zero-order valence-corrected chi connectivity index (χ0v) is 30.5. The molecule has 0 N–H and O–H groups in total. The fraction of sp³-hybridized carbons (Fsp3) is 0.146. The Balaban J connectivity index is 1.20. The van der Waals surface area contributed by atoms with Crippen LogP contribution in [0.3, 0.4) is 0 Å². The summed E-state index contributed by atoms with van der Waals surface area (Å²) >= 11 is 0. The van der Waals surface area contributed by atoms with Crippen molar-refractivity contribution in [2.75, 3.05) is 0 Å². The van der Waals surface area contributed by atoms with Gasteiger partial charge in [0.1, 0.15) is 0 Å². The summed E-state index contributed by atoms with van der Waals surface area (Å²) < 4.78 is 6.62. The zero-order chi connectivity index (χ0) is 36.2. The Morgan fingerprint density at radius 1 is 0.434 bits per heavy atom. The van der Waals surface area contributed by atoms with Crippen molar-refractivity contribution >= 4 is 33.9 Å². The lowest BCUT2D eigenvalue weighted by Gasteiger charge is -2.34. The van der Waals surface area contributed by atoms with Crippen molar-refractivity contribution < 1.29 is 4.65 Å². The van der Waals surface area contributed by atoms with Gasteiger partial charge in [-0.1, -0.05) is 166 Å². The van der Waals surface area contributed by atoms with Crippen LogP contribution in [0.15, 0.2) is 158 Å². The first-order chi connectivity index (χ1) is 25.8. The highest BCUT2D eigenvalue weighted by Gasteiger charge is 2.49. The maximum atomic E-state index is 6.62. The normalized spacial score (nSPS) is 14.9. The van der Waals surface area contributed by atoms with E-state index in [2.05, 4.69) is 167 Å². The van der Waals surface area contributed by atoms with Crippen LogP contribution in [-0.4, -0.2) is 27.5 Å². The lowest BCUT2D eigenvalue weighted by atomic mass is 9.54. The van der Waals surface area contributed by atoms with Crippen LogP contribution < -0.4 is 5.46 Å². The molecular formula is C48H40BN3O. The molecule has 9 rings (SSSR count). The Morgan fingerprint density at radius 3 is 1.38 bits per heavy atom. The van der Waals surface area contributed by atoms with E-state index in [0.29, 0.717) is 17.5 Å². The SMILES string of the molecule is CC1(C)CB(c2cccc(-c3nc(-c4ccccc4)nc(-c4cccc(-c5c6ccccc6c(-c6ccccc6)c6ccccc56)c4)n3)c2)OC1(C)C. The Morgan fingerprint density at radius 2 is 0.849 bits per heavy atom. The molecule has 2 heterocycles. The topological polar surface area (TPSA) is 47.9 Å². The largest absolute Gasteiger partial charge is 0.426 e. The molecule has 5 heteroatoms. The molecular weight excluding hydrogens is 645 g/mol. The van der Waals surface area contributed by atoms with Gasteiger partial charge in [-0.2, -0.15) is 0 Å². The Labute approximate surface area is 311 Å². The number of nitrogens with zero attached hydrogens (tertiary/aromatic N) is 3. The molecule has 7 aromatic carbocycles. The zero-order valence-electron chi connectivity index (χ0n) is 30.5. The van der Waals surface area contributed by atoms with Crippen LogP contribution in [-0.2, 0) is 4.65 Å². The summed E-state index contributed by atoms with van der Waals surface area (Å²) in [6, 6.07) is 55.6. The molecule has 0 saturated carbocycles. The Bertz CT molecular complexity index is 2560. The van der Waals surface area contributed by atoms with Crippen molar-refractivity contribution in [1.29, 1.82) is 0 Å². The van der Waals surface area contributed by atoms with Gasteiger partial charge in [-0.25, -0.2) is 15.0 Å². The molecule has 0 aliphatic carbocycles. The molecule has 0 bridgehead atoms. The van der Waals surface area contributed by atoms with Crippen LogP contribution in [0.5, 0.6) is 0 Å². The van der Waals surface area contributed by atoms with Crippen molar-refractivity contribution in [2.24, 2.45) is 5.41 Å². The van der Waals surface area contributed by atoms with Gasteiger partial charge in [0.05, 0.1) is 5.60 Å². The predicted molar refractivity (Wildman–Crippen MR) is 221 cm³/mol. The standard InChI is InChI=1S/C48H40BN3O/c1-47(2)31-49(53-48(47,3)4)37-24-16-23-36(30-37)46-51-44(33-19-9-6-10-20-33)50-45(52-46)35-22-15-21-34(29-35)43-40-27-13-11-25-38(40)42(32-17-7-5-8-18-32)39-26-12-14-28-41(39)43/h5-30H,31H2,1-4H3. The monoisotopic (exact) mass is 685 g/mol. The highest BCUT2D eigenvalue weighted by atomic mass is 16.5. The summed E-state index contributed by atoms with van der Waals surface area (Å²) in [6.45, 7) is 8.97. The minimum Gasteiger partial charge on any atom is -0.426 e. The second kappa shape index (κ2) is 12.9. The first kappa shape index (κ1) is 33.0. The summed E-state index contributed by atoms with van der Waals surface area (Å²) in [4.78, 5) is 15.3. The summed E-state index contributed by atoms with van der Waals surface area (Å²) in [5.74, 6) is 1.92. The van der Waals surface area contributed by atoms with E-state index < -0.39 is 0 Å². The van der Waals surface area contributed by atoms with Gasteiger partial charge < -0.3 is 4.65 Å². The van der Waals surface area contributed by atoms with Crippen molar-refractivity contribution in [2.45, 2.75) is 39.6 Å². The van der Waals surface area contributed by atoms with E-state index in [9.17, 15) is 0 Å². The molecule has 1 aromatic heterocycles. The van der Waals surface area contributed by atoms with Crippen molar-refractivity contribution in [3.63, 3.8) is 0 Å². The van der Waals surface area contributed by atoms with Gasteiger partial charge in [0, 0.05) is 16.7 Å². The highest BCUT2D eigenvalue weighted by molar-refractivity contribution is 6.68. The van der Waals surface area contributed by atoms with Crippen LogP contribution in [0.1, 0.15) is 27.7 Å². The molecule has 1 aliphatic heterocycles. The number of aromatic nitrogens is 3. The fourth-order valence-electron chi connectivity index (χ4n) is 7.85. The van der Waals surface area contributed by atoms with E-state index in [0.717, 1.165) is 34.0 Å². The second-order valence-electron chi connectivity index (χ2n) is 15.3. The van der Waals surface area contributed by atoms with Crippen LogP contribution in [0.25, 0.3) is 78.0 Å². The Hall–Kier alpha value is -5.91. The van der Waals surface area contributed by atoms with E-state index in [1.165, 1.54) is 38.2 Å². The van der Waals surface area contributed by atoms with E-state index >= 15 is 0 Å². The molecule has 1 aliphatic rings. The molecule has 0 spiro atoms. The molecule has 0 amide bonds. The van der Waals surface area contributed by atoms with Gasteiger partial charge in [-0.05, 0) is 80.9 Å². The molecule has 0 atom stereocenters. The number of fused-ring (bicyclic) bond motifs is 2. The van der Waals surface area contributed by atoms with Crippen LogP contribution in [0.2, 0.25) is 6.32 Å². The summed E-state index contributed by atoms with van der Waals surface area (Å²) in [7, 11) is 0. The summed E-state index contributed by atoms with van der Waals surface area (Å²) in [6.07, 6.45) is 0.948. The second-order valence-corrected chi connectivity index (χ2v) is 15.3. The van der Waals surface area contributed by atoms with Gasteiger partial charge in [0.25, 0.3) is 0 Å². The molecule has 4 nitrogen and oxygen atoms in total. The first-order valence-corrected chi connectivity index (χ1v) is 18.5. The molecule has 0 radical (unpaired) electrons. The number of benzene rings is 7. The summed E-state index contributed by atoms with van der Waals surface area (Å²) in [5, 5.41) is 4.87. The molecule has 8 aromatic rings. The maximum absolute atomic E-state index is 6.62. The number of hydrogen-bond donors (Lipinski definition) is 0. The quantitative estimate of drug-likeness (QED) is 0.129. The van der Waals surface area contributed by atoms with Gasteiger partial charge >= 0.3 is 6.92 Å². The molecule has 53 heavy (non-hydrogen) atoms. The van der Waals surface area contributed by atoms with Crippen LogP contribution in [0.4, 0.5) is 0 Å². The fourth-order valence-corrected chi connectivity index (χ4v) is 7.85. The number of rotatable bonds is 6. The van der Waals surface area contributed by atoms with Crippen LogP contribution in [0, 0.1) is 5.41 Å². The number of hydrogen-bond acceptors (Lipinski definition) is 4. The molecule has 256 valence electrons. The summed E-state index contributed by atoms with van der Waals surface area (Å²) in [5.41, 5.74) is 8.57. The lowest BCUT2D eigenvalue weighted by Crippen LogP contribution is -2.36.